The van der Waals surface area contributed by atoms with Crippen molar-refractivity contribution in [2.75, 3.05) is 6.54 Å². The first-order valence-electron chi connectivity index (χ1n) is 6.18. The van der Waals surface area contributed by atoms with E-state index < -0.39 is 40.6 Å². The fourth-order valence-electron chi connectivity index (χ4n) is 2.34. The molecule has 0 aliphatic carbocycles. The Morgan fingerprint density at radius 3 is 1.95 bits per heavy atom. The highest BCUT2D eigenvalue weighted by molar-refractivity contribution is 5.95. The molecule has 0 unspecified atom stereocenters. The van der Waals surface area contributed by atoms with Gasteiger partial charge in [0.2, 0.25) is 5.82 Å². The van der Waals surface area contributed by atoms with Gasteiger partial charge in [0.1, 0.15) is 5.56 Å². The molecule has 7 heteroatoms. The van der Waals surface area contributed by atoms with Crippen LogP contribution >= 0.6 is 0 Å². The van der Waals surface area contributed by atoms with Crippen LogP contribution in [0.4, 0.5) is 22.0 Å². The largest absolute Gasteiger partial charge is 0.336 e. The van der Waals surface area contributed by atoms with E-state index in [0.29, 0.717) is 12.8 Å². The lowest BCUT2D eigenvalue weighted by Crippen LogP contribution is -2.43. The van der Waals surface area contributed by atoms with Gasteiger partial charge in [0, 0.05) is 12.6 Å². The van der Waals surface area contributed by atoms with E-state index in [0.717, 1.165) is 11.3 Å². The molecule has 1 aliphatic heterocycles. The number of benzene rings is 1. The van der Waals surface area contributed by atoms with Crippen molar-refractivity contribution in [2.45, 2.75) is 32.2 Å². The number of halogens is 5. The Balaban J connectivity index is 2.49. The maximum atomic E-state index is 13.6. The van der Waals surface area contributed by atoms with Crippen molar-refractivity contribution in [2.24, 2.45) is 0 Å². The number of carbonyl (C=O) groups excluding carboxylic acids is 1. The fraction of sp³-hybridized carbons (Fsp3) is 0.462. The normalized spacial score (nSPS) is 19.3. The number of piperidine rings is 1. The van der Waals surface area contributed by atoms with Gasteiger partial charge in [-0.25, -0.2) is 22.0 Å². The van der Waals surface area contributed by atoms with Gasteiger partial charge in [-0.1, -0.05) is 0 Å². The number of likely N-dealkylation sites (tertiary alicyclic amines) is 1. The zero-order chi connectivity index (χ0) is 15.0. The van der Waals surface area contributed by atoms with E-state index in [-0.39, 0.29) is 12.6 Å². The van der Waals surface area contributed by atoms with Gasteiger partial charge < -0.3 is 4.90 Å². The standard InChI is InChI=1S/C13H12F5NO/c1-6-4-2-3-5-19(6)13(20)7-8(14)10(16)12(18)11(17)9(7)15/h6H,2-5H2,1H3/t6-/m1/s1. The average molecular weight is 293 g/mol. The summed E-state index contributed by atoms with van der Waals surface area (Å²) in [5.74, 6) is -11.8. The maximum Gasteiger partial charge on any atom is 0.260 e. The summed E-state index contributed by atoms with van der Waals surface area (Å²) in [5, 5.41) is 0. The smallest absolute Gasteiger partial charge is 0.260 e. The summed E-state index contributed by atoms with van der Waals surface area (Å²) in [6.07, 6.45) is 2.11. The zero-order valence-corrected chi connectivity index (χ0v) is 10.7. The number of carbonyl (C=O) groups is 1. The van der Waals surface area contributed by atoms with Gasteiger partial charge >= 0.3 is 0 Å². The summed E-state index contributed by atoms with van der Waals surface area (Å²) in [6.45, 7) is 1.91. The lowest BCUT2D eigenvalue weighted by Gasteiger charge is -2.33. The lowest BCUT2D eigenvalue weighted by molar-refractivity contribution is 0.0622. The van der Waals surface area contributed by atoms with Crippen molar-refractivity contribution in [3.63, 3.8) is 0 Å². The van der Waals surface area contributed by atoms with E-state index in [9.17, 15) is 26.7 Å². The molecule has 110 valence electrons. The van der Waals surface area contributed by atoms with Crippen LogP contribution in [0.25, 0.3) is 0 Å². The molecule has 1 aromatic carbocycles. The molecule has 0 bridgehead atoms. The molecule has 1 aromatic rings. The predicted octanol–water partition coefficient (Wildman–Crippen LogP) is 3.40. The summed E-state index contributed by atoms with van der Waals surface area (Å²) >= 11 is 0. The van der Waals surface area contributed by atoms with Crippen LogP contribution in [0.15, 0.2) is 0 Å². The zero-order valence-electron chi connectivity index (χ0n) is 10.7. The second-order valence-corrected chi connectivity index (χ2v) is 4.79. The number of hydrogen-bond donors (Lipinski definition) is 0. The molecule has 0 saturated carbocycles. The summed E-state index contributed by atoms with van der Waals surface area (Å²) in [4.78, 5) is 13.2. The van der Waals surface area contributed by atoms with Crippen molar-refractivity contribution in [3.8, 4) is 0 Å². The Morgan fingerprint density at radius 1 is 0.950 bits per heavy atom. The monoisotopic (exact) mass is 293 g/mol. The summed E-state index contributed by atoms with van der Waals surface area (Å²) in [6, 6.07) is -0.300. The van der Waals surface area contributed by atoms with Crippen molar-refractivity contribution in [1.29, 1.82) is 0 Å². The fourth-order valence-corrected chi connectivity index (χ4v) is 2.34. The molecular formula is C13H12F5NO. The van der Waals surface area contributed by atoms with Crippen LogP contribution in [0.5, 0.6) is 0 Å². The van der Waals surface area contributed by atoms with Crippen LogP contribution < -0.4 is 0 Å². The molecule has 1 fully saturated rings. The molecule has 20 heavy (non-hydrogen) atoms. The quantitative estimate of drug-likeness (QED) is 0.441. The average Bonchev–Trinajstić information content (AvgIpc) is 2.43. The molecule has 2 rings (SSSR count). The molecule has 1 saturated heterocycles. The van der Waals surface area contributed by atoms with Gasteiger partial charge in [-0.2, -0.15) is 0 Å². The van der Waals surface area contributed by atoms with E-state index in [4.69, 9.17) is 0 Å². The molecule has 0 spiro atoms. The Labute approximate surface area is 112 Å². The van der Waals surface area contributed by atoms with Crippen LogP contribution in [0.2, 0.25) is 0 Å². The van der Waals surface area contributed by atoms with Gasteiger partial charge in [0.15, 0.2) is 23.3 Å². The molecule has 2 nitrogen and oxygen atoms in total. The SMILES string of the molecule is C[C@@H]1CCCCN1C(=O)c1c(F)c(F)c(F)c(F)c1F. The van der Waals surface area contributed by atoms with E-state index in [1.807, 2.05) is 0 Å². The Hall–Kier alpha value is -1.66. The van der Waals surface area contributed by atoms with E-state index in [2.05, 4.69) is 0 Å². The van der Waals surface area contributed by atoms with Crippen molar-refractivity contribution in [3.05, 3.63) is 34.6 Å². The van der Waals surface area contributed by atoms with Crippen LogP contribution in [0, 0.1) is 29.1 Å². The summed E-state index contributed by atoms with van der Waals surface area (Å²) in [5.41, 5.74) is -1.38. The van der Waals surface area contributed by atoms with E-state index in [1.54, 1.807) is 6.92 Å². The molecule has 1 heterocycles. The third-order valence-corrected chi connectivity index (χ3v) is 3.49. The van der Waals surface area contributed by atoms with Crippen molar-refractivity contribution in [1.82, 2.24) is 4.90 Å². The van der Waals surface area contributed by atoms with Gasteiger partial charge in [-0.3, -0.25) is 4.79 Å². The van der Waals surface area contributed by atoms with Gasteiger partial charge in [-0.05, 0) is 26.2 Å². The van der Waals surface area contributed by atoms with Crippen molar-refractivity contribution >= 4 is 5.91 Å². The second kappa shape index (κ2) is 5.38. The van der Waals surface area contributed by atoms with Crippen LogP contribution in [0.1, 0.15) is 36.5 Å². The van der Waals surface area contributed by atoms with Gasteiger partial charge in [0.25, 0.3) is 5.91 Å². The van der Waals surface area contributed by atoms with E-state index in [1.165, 1.54) is 0 Å². The maximum absolute atomic E-state index is 13.6. The highest BCUT2D eigenvalue weighted by atomic mass is 19.2. The minimum Gasteiger partial charge on any atom is -0.336 e. The molecular weight excluding hydrogens is 281 g/mol. The van der Waals surface area contributed by atoms with Gasteiger partial charge in [0.05, 0.1) is 0 Å². The highest BCUT2D eigenvalue weighted by Gasteiger charge is 2.34. The summed E-state index contributed by atoms with van der Waals surface area (Å²) < 4.78 is 66.3. The Kier molecular flexibility index (Phi) is 3.96. The number of amides is 1. The van der Waals surface area contributed by atoms with E-state index >= 15 is 0 Å². The first kappa shape index (κ1) is 14.7. The van der Waals surface area contributed by atoms with Crippen molar-refractivity contribution < 1.29 is 26.7 Å². The molecule has 0 N–H and O–H groups in total. The molecule has 1 amide bonds. The minimum atomic E-state index is -2.26. The Morgan fingerprint density at radius 2 is 1.45 bits per heavy atom. The molecule has 1 aliphatic rings. The van der Waals surface area contributed by atoms with Gasteiger partial charge in [-0.15, -0.1) is 0 Å². The topological polar surface area (TPSA) is 20.3 Å². The summed E-state index contributed by atoms with van der Waals surface area (Å²) in [7, 11) is 0. The molecule has 0 aromatic heterocycles. The van der Waals surface area contributed by atoms with Crippen LogP contribution in [0.3, 0.4) is 0 Å². The predicted molar refractivity (Wildman–Crippen MR) is 60.6 cm³/mol. The number of hydrogen-bond acceptors (Lipinski definition) is 1. The molecule has 0 radical (unpaired) electrons. The minimum absolute atomic E-state index is 0.236. The third kappa shape index (κ3) is 2.25. The Bertz CT molecular complexity index is 531. The highest BCUT2D eigenvalue weighted by Crippen LogP contribution is 2.26. The second-order valence-electron chi connectivity index (χ2n) is 4.79. The first-order chi connectivity index (χ1) is 9.36. The first-order valence-corrected chi connectivity index (χ1v) is 6.18. The third-order valence-electron chi connectivity index (χ3n) is 3.49. The van der Waals surface area contributed by atoms with Crippen LogP contribution in [-0.4, -0.2) is 23.4 Å². The number of rotatable bonds is 1. The van der Waals surface area contributed by atoms with Crippen LogP contribution in [-0.2, 0) is 0 Å². The number of nitrogens with zero attached hydrogens (tertiary/aromatic N) is 1. The molecule has 1 atom stereocenters. The lowest BCUT2D eigenvalue weighted by atomic mass is 10.0.